The number of carbonyl (C=O) groups excluding carboxylic acids is 4. The van der Waals surface area contributed by atoms with Crippen LogP contribution < -0.4 is 10.6 Å². The largest absolute Gasteiger partial charge is 0.464 e. The molecule has 0 unspecified atom stereocenters. The SMILES string of the molecule is CCOC(=O)[C@H](CC(C)=O)NC(=O)CCNC(=O)OC(C)(C)C. The molecule has 0 aliphatic rings. The molecule has 2 amide bonds. The molecule has 0 fully saturated rings. The fourth-order valence-corrected chi connectivity index (χ4v) is 1.58. The molecule has 0 heterocycles. The van der Waals surface area contributed by atoms with E-state index in [1.165, 1.54) is 6.92 Å². The van der Waals surface area contributed by atoms with Gasteiger partial charge in [0.2, 0.25) is 5.91 Å². The third-order valence-corrected chi connectivity index (χ3v) is 2.42. The van der Waals surface area contributed by atoms with Crippen molar-refractivity contribution in [1.29, 1.82) is 0 Å². The highest BCUT2D eigenvalue weighted by molar-refractivity contribution is 5.89. The molecule has 0 radical (unpaired) electrons. The highest BCUT2D eigenvalue weighted by atomic mass is 16.6. The number of carbonyl (C=O) groups is 4. The minimum absolute atomic E-state index is 0.0486. The number of hydrogen-bond acceptors (Lipinski definition) is 6. The van der Waals surface area contributed by atoms with Crippen LogP contribution in [0.5, 0.6) is 0 Å². The Kier molecular flexibility index (Phi) is 8.90. The van der Waals surface area contributed by atoms with Crippen molar-refractivity contribution in [2.24, 2.45) is 0 Å². The maximum Gasteiger partial charge on any atom is 0.407 e. The third-order valence-electron chi connectivity index (χ3n) is 2.42. The van der Waals surface area contributed by atoms with Crippen LogP contribution in [0.2, 0.25) is 0 Å². The summed E-state index contributed by atoms with van der Waals surface area (Å²) in [5.41, 5.74) is -0.622. The Morgan fingerprint density at radius 2 is 1.74 bits per heavy atom. The van der Waals surface area contributed by atoms with Crippen molar-refractivity contribution in [2.45, 2.75) is 59.1 Å². The summed E-state index contributed by atoms with van der Waals surface area (Å²) in [5, 5.41) is 4.86. The van der Waals surface area contributed by atoms with E-state index in [1.54, 1.807) is 27.7 Å². The number of ether oxygens (including phenoxy) is 2. The topological polar surface area (TPSA) is 111 Å². The van der Waals surface area contributed by atoms with Crippen LogP contribution in [0.15, 0.2) is 0 Å². The van der Waals surface area contributed by atoms with Crippen molar-refractivity contribution in [1.82, 2.24) is 10.6 Å². The first-order valence-electron chi connectivity index (χ1n) is 7.47. The Morgan fingerprint density at radius 3 is 2.22 bits per heavy atom. The zero-order valence-electron chi connectivity index (χ0n) is 14.4. The zero-order valence-corrected chi connectivity index (χ0v) is 14.4. The number of hydrogen-bond donors (Lipinski definition) is 2. The first-order valence-corrected chi connectivity index (χ1v) is 7.47. The van der Waals surface area contributed by atoms with Crippen LogP contribution in [0.1, 0.15) is 47.5 Å². The van der Waals surface area contributed by atoms with Crippen LogP contribution in [0.3, 0.4) is 0 Å². The number of ketones is 1. The second-order valence-electron chi connectivity index (χ2n) is 5.96. The Balaban J connectivity index is 4.29. The summed E-state index contributed by atoms with van der Waals surface area (Å²) in [4.78, 5) is 46.0. The van der Waals surface area contributed by atoms with Gasteiger partial charge in [0, 0.05) is 19.4 Å². The summed E-state index contributed by atoms with van der Waals surface area (Å²) in [6, 6.07) is -1.01. The van der Waals surface area contributed by atoms with Gasteiger partial charge < -0.3 is 20.1 Å². The molecule has 0 aromatic carbocycles. The van der Waals surface area contributed by atoms with E-state index in [2.05, 4.69) is 10.6 Å². The number of amides is 2. The van der Waals surface area contributed by atoms with Crippen molar-refractivity contribution in [3.05, 3.63) is 0 Å². The molecule has 0 aromatic rings. The van der Waals surface area contributed by atoms with E-state index in [9.17, 15) is 19.2 Å². The summed E-state index contributed by atoms with van der Waals surface area (Å²) in [7, 11) is 0. The molecule has 0 bridgehead atoms. The number of esters is 1. The van der Waals surface area contributed by atoms with E-state index in [0.717, 1.165) is 0 Å². The van der Waals surface area contributed by atoms with Crippen LogP contribution in [0.25, 0.3) is 0 Å². The van der Waals surface area contributed by atoms with Gasteiger partial charge in [-0.3, -0.25) is 9.59 Å². The molecule has 8 nitrogen and oxygen atoms in total. The molecular formula is C15H26N2O6. The lowest BCUT2D eigenvalue weighted by Crippen LogP contribution is -2.44. The van der Waals surface area contributed by atoms with Gasteiger partial charge in [-0.15, -0.1) is 0 Å². The van der Waals surface area contributed by atoms with Gasteiger partial charge in [-0.1, -0.05) is 0 Å². The van der Waals surface area contributed by atoms with Crippen molar-refractivity contribution >= 4 is 23.8 Å². The van der Waals surface area contributed by atoms with Gasteiger partial charge >= 0.3 is 12.1 Å². The highest BCUT2D eigenvalue weighted by Crippen LogP contribution is 2.06. The van der Waals surface area contributed by atoms with Crippen LogP contribution in [0.4, 0.5) is 4.79 Å². The lowest BCUT2D eigenvalue weighted by Gasteiger charge is -2.20. The number of Topliss-reactive ketones (excluding diaryl/α,β-unsaturated/α-hetero) is 1. The predicted octanol–water partition coefficient (Wildman–Crippen LogP) is 0.928. The summed E-state index contributed by atoms with van der Waals surface area (Å²) in [6.45, 7) is 8.35. The molecular weight excluding hydrogens is 304 g/mol. The highest BCUT2D eigenvalue weighted by Gasteiger charge is 2.23. The Labute approximate surface area is 136 Å². The van der Waals surface area contributed by atoms with Gasteiger partial charge in [-0.25, -0.2) is 9.59 Å². The van der Waals surface area contributed by atoms with Gasteiger partial charge in [0.15, 0.2) is 0 Å². The summed E-state index contributed by atoms with van der Waals surface area (Å²) in [5.74, 6) is -1.37. The molecule has 0 saturated heterocycles. The van der Waals surface area contributed by atoms with Crippen molar-refractivity contribution in [3.8, 4) is 0 Å². The average molecular weight is 330 g/mol. The maximum atomic E-state index is 11.8. The van der Waals surface area contributed by atoms with E-state index in [-0.39, 0.29) is 31.8 Å². The average Bonchev–Trinajstić information content (AvgIpc) is 2.35. The molecule has 8 heteroatoms. The zero-order chi connectivity index (χ0) is 18.0. The minimum Gasteiger partial charge on any atom is -0.464 e. The Hall–Kier alpha value is -2.12. The molecule has 132 valence electrons. The fourth-order valence-electron chi connectivity index (χ4n) is 1.58. The molecule has 0 aliphatic carbocycles. The Morgan fingerprint density at radius 1 is 1.13 bits per heavy atom. The maximum absolute atomic E-state index is 11.8. The second kappa shape index (κ2) is 9.81. The lowest BCUT2D eigenvalue weighted by atomic mass is 10.1. The van der Waals surface area contributed by atoms with Crippen molar-refractivity contribution < 1.29 is 28.7 Å². The van der Waals surface area contributed by atoms with E-state index in [1.807, 2.05) is 0 Å². The predicted molar refractivity (Wildman–Crippen MR) is 82.7 cm³/mol. The first kappa shape index (κ1) is 20.9. The van der Waals surface area contributed by atoms with Gasteiger partial charge in [-0.05, 0) is 34.6 Å². The molecule has 0 aromatic heterocycles. The minimum atomic E-state index is -1.01. The normalized spacial score (nSPS) is 12.0. The molecule has 23 heavy (non-hydrogen) atoms. The molecule has 0 spiro atoms. The van der Waals surface area contributed by atoms with Crippen LogP contribution >= 0.6 is 0 Å². The van der Waals surface area contributed by atoms with Gasteiger partial charge in [0.05, 0.1) is 6.61 Å². The summed E-state index contributed by atoms with van der Waals surface area (Å²) in [6.07, 6.45) is -0.812. The fraction of sp³-hybridized carbons (Fsp3) is 0.733. The van der Waals surface area contributed by atoms with E-state index >= 15 is 0 Å². The van der Waals surface area contributed by atoms with Gasteiger partial charge in [0.25, 0.3) is 0 Å². The molecule has 0 saturated carbocycles. The van der Waals surface area contributed by atoms with E-state index < -0.39 is 29.6 Å². The molecule has 2 N–H and O–H groups in total. The number of alkyl carbamates (subject to hydrolysis) is 1. The van der Waals surface area contributed by atoms with Crippen LogP contribution in [-0.4, -0.2) is 48.5 Å². The quantitative estimate of drug-likeness (QED) is 0.641. The van der Waals surface area contributed by atoms with E-state index in [0.29, 0.717) is 0 Å². The lowest BCUT2D eigenvalue weighted by molar-refractivity contribution is -0.148. The Bertz CT molecular complexity index is 442. The van der Waals surface area contributed by atoms with Gasteiger partial charge in [-0.2, -0.15) is 0 Å². The summed E-state index contributed by atoms with van der Waals surface area (Å²) >= 11 is 0. The first-order chi connectivity index (χ1) is 10.5. The van der Waals surface area contributed by atoms with Crippen LogP contribution in [-0.2, 0) is 23.9 Å². The monoisotopic (exact) mass is 330 g/mol. The number of nitrogens with one attached hydrogen (secondary N) is 2. The second-order valence-corrected chi connectivity index (χ2v) is 5.96. The standard InChI is InChI=1S/C15H26N2O6/c1-6-22-13(20)11(9-10(2)18)17-12(19)7-8-16-14(21)23-15(3,4)5/h11H,6-9H2,1-5H3,(H,16,21)(H,17,19)/t11-/m0/s1. The molecule has 0 aliphatic heterocycles. The molecule has 0 rings (SSSR count). The van der Waals surface area contributed by atoms with Crippen LogP contribution in [0, 0.1) is 0 Å². The van der Waals surface area contributed by atoms with Crippen molar-refractivity contribution in [3.63, 3.8) is 0 Å². The van der Waals surface area contributed by atoms with Crippen molar-refractivity contribution in [2.75, 3.05) is 13.2 Å². The van der Waals surface area contributed by atoms with E-state index in [4.69, 9.17) is 9.47 Å². The van der Waals surface area contributed by atoms with Gasteiger partial charge in [0.1, 0.15) is 17.4 Å². The molecule has 1 atom stereocenters. The number of rotatable bonds is 8. The summed E-state index contributed by atoms with van der Waals surface area (Å²) < 4.78 is 9.83. The smallest absolute Gasteiger partial charge is 0.407 e. The third kappa shape index (κ3) is 11.1.